The Hall–Kier alpha value is -3.20. The number of hydrogen-bond donors (Lipinski definition) is 2. The van der Waals surface area contributed by atoms with Crippen LogP contribution in [0.3, 0.4) is 0 Å². The fourth-order valence-electron chi connectivity index (χ4n) is 1.65. The van der Waals surface area contributed by atoms with E-state index in [0.29, 0.717) is 5.82 Å². The van der Waals surface area contributed by atoms with Gasteiger partial charge in [0.2, 0.25) is 0 Å². The summed E-state index contributed by atoms with van der Waals surface area (Å²) in [6.45, 7) is 1.78. The molecule has 2 N–H and O–H groups in total. The Morgan fingerprint density at radius 1 is 1.05 bits per heavy atom. The summed E-state index contributed by atoms with van der Waals surface area (Å²) in [7, 11) is 0. The second-order valence-electron chi connectivity index (χ2n) is 4.23. The van der Waals surface area contributed by atoms with Crippen molar-refractivity contribution in [3.63, 3.8) is 0 Å². The number of nitrogens with zero attached hydrogens (tertiary/aromatic N) is 2. The number of amides is 2. The standard InChI is InChI=1S/C15H12N4O2/c1-10-5-4-8-13(17-10)19-15(21)14(20)18-12-7-3-2-6-11(12)9-16/h2-8H,1H3,(H,18,20)(H,17,19,21). The van der Waals surface area contributed by atoms with Crippen LogP contribution in [0.15, 0.2) is 42.5 Å². The number of anilines is 2. The Kier molecular flexibility index (Phi) is 4.26. The second-order valence-corrected chi connectivity index (χ2v) is 4.23. The molecule has 6 heteroatoms. The summed E-state index contributed by atoms with van der Waals surface area (Å²) >= 11 is 0. The van der Waals surface area contributed by atoms with Gasteiger partial charge >= 0.3 is 11.8 Å². The first-order valence-corrected chi connectivity index (χ1v) is 6.15. The Balaban J connectivity index is 2.07. The van der Waals surface area contributed by atoms with Crippen molar-refractivity contribution < 1.29 is 9.59 Å². The number of benzene rings is 1. The van der Waals surface area contributed by atoms with E-state index in [4.69, 9.17) is 5.26 Å². The number of hydrogen-bond acceptors (Lipinski definition) is 4. The summed E-state index contributed by atoms with van der Waals surface area (Å²) < 4.78 is 0. The number of nitriles is 1. The molecule has 2 amide bonds. The van der Waals surface area contributed by atoms with Crippen LogP contribution >= 0.6 is 0 Å². The molecule has 0 aliphatic heterocycles. The summed E-state index contributed by atoms with van der Waals surface area (Å²) in [6, 6.07) is 13.5. The molecule has 0 spiro atoms. The van der Waals surface area contributed by atoms with E-state index >= 15 is 0 Å². The fourth-order valence-corrected chi connectivity index (χ4v) is 1.65. The smallest absolute Gasteiger partial charge is 0.315 e. The average molecular weight is 280 g/mol. The van der Waals surface area contributed by atoms with E-state index in [-0.39, 0.29) is 11.3 Å². The summed E-state index contributed by atoms with van der Waals surface area (Å²) in [5.41, 5.74) is 1.30. The third-order valence-electron chi connectivity index (χ3n) is 2.63. The molecular weight excluding hydrogens is 268 g/mol. The van der Waals surface area contributed by atoms with Crippen LogP contribution in [0.1, 0.15) is 11.3 Å². The molecule has 0 radical (unpaired) electrons. The number of carbonyl (C=O) groups is 2. The Bertz CT molecular complexity index is 734. The lowest BCUT2D eigenvalue weighted by molar-refractivity contribution is -0.133. The van der Waals surface area contributed by atoms with Crippen LogP contribution in [0.4, 0.5) is 11.5 Å². The zero-order valence-corrected chi connectivity index (χ0v) is 11.3. The summed E-state index contributed by atoms with van der Waals surface area (Å²) in [5.74, 6) is -1.41. The molecule has 0 aliphatic rings. The van der Waals surface area contributed by atoms with Crippen molar-refractivity contribution in [2.75, 3.05) is 10.6 Å². The first kappa shape index (κ1) is 14.2. The van der Waals surface area contributed by atoms with Gasteiger partial charge in [-0.2, -0.15) is 5.26 Å². The monoisotopic (exact) mass is 280 g/mol. The van der Waals surface area contributed by atoms with Crippen molar-refractivity contribution in [2.24, 2.45) is 0 Å². The molecule has 2 aromatic rings. The molecule has 0 atom stereocenters. The maximum atomic E-state index is 11.8. The van der Waals surface area contributed by atoms with E-state index in [1.54, 1.807) is 49.4 Å². The maximum absolute atomic E-state index is 11.8. The molecule has 0 bridgehead atoms. The van der Waals surface area contributed by atoms with Crippen LogP contribution in [0, 0.1) is 18.3 Å². The van der Waals surface area contributed by atoms with Gasteiger partial charge in [-0.3, -0.25) is 9.59 Å². The summed E-state index contributed by atoms with van der Waals surface area (Å²) in [4.78, 5) is 27.7. The van der Waals surface area contributed by atoms with E-state index in [1.807, 2.05) is 6.07 Å². The lowest BCUT2D eigenvalue weighted by Crippen LogP contribution is -2.29. The quantitative estimate of drug-likeness (QED) is 0.820. The highest BCUT2D eigenvalue weighted by atomic mass is 16.2. The highest BCUT2D eigenvalue weighted by Gasteiger charge is 2.15. The van der Waals surface area contributed by atoms with Crippen molar-refractivity contribution in [1.29, 1.82) is 5.26 Å². The zero-order valence-electron chi connectivity index (χ0n) is 11.3. The molecule has 0 unspecified atom stereocenters. The van der Waals surface area contributed by atoms with Gasteiger partial charge in [0, 0.05) is 5.69 Å². The first-order chi connectivity index (χ1) is 10.1. The number of nitrogens with one attached hydrogen (secondary N) is 2. The summed E-state index contributed by atoms with van der Waals surface area (Å²) in [6.07, 6.45) is 0. The number of aryl methyl sites for hydroxylation is 1. The highest BCUT2D eigenvalue weighted by molar-refractivity contribution is 6.43. The topological polar surface area (TPSA) is 94.9 Å². The van der Waals surface area contributed by atoms with Crippen LogP contribution < -0.4 is 10.6 Å². The fraction of sp³-hybridized carbons (Fsp3) is 0.0667. The number of para-hydroxylation sites is 1. The Morgan fingerprint density at radius 2 is 1.76 bits per heavy atom. The van der Waals surface area contributed by atoms with Crippen LogP contribution in [-0.4, -0.2) is 16.8 Å². The third-order valence-corrected chi connectivity index (χ3v) is 2.63. The molecule has 1 aromatic heterocycles. The lowest BCUT2D eigenvalue weighted by atomic mass is 10.2. The van der Waals surface area contributed by atoms with Crippen LogP contribution in [0.2, 0.25) is 0 Å². The van der Waals surface area contributed by atoms with E-state index < -0.39 is 11.8 Å². The first-order valence-electron chi connectivity index (χ1n) is 6.15. The molecule has 1 aromatic carbocycles. The van der Waals surface area contributed by atoms with Gasteiger partial charge in [0.05, 0.1) is 11.3 Å². The number of carbonyl (C=O) groups excluding carboxylic acids is 2. The van der Waals surface area contributed by atoms with Gasteiger partial charge in [-0.15, -0.1) is 0 Å². The maximum Gasteiger partial charge on any atom is 0.315 e. The van der Waals surface area contributed by atoms with E-state index in [0.717, 1.165) is 5.69 Å². The minimum absolute atomic E-state index is 0.285. The van der Waals surface area contributed by atoms with Crippen LogP contribution in [-0.2, 0) is 9.59 Å². The van der Waals surface area contributed by atoms with Crippen molar-refractivity contribution >= 4 is 23.3 Å². The highest BCUT2D eigenvalue weighted by Crippen LogP contribution is 2.13. The number of pyridine rings is 1. The molecule has 104 valence electrons. The molecule has 2 rings (SSSR count). The number of aromatic nitrogens is 1. The number of rotatable bonds is 2. The van der Waals surface area contributed by atoms with Crippen LogP contribution in [0.5, 0.6) is 0 Å². The second kappa shape index (κ2) is 6.30. The molecular formula is C15H12N4O2. The van der Waals surface area contributed by atoms with Crippen molar-refractivity contribution in [3.8, 4) is 6.07 Å². The van der Waals surface area contributed by atoms with Crippen LogP contribution in [0.25, 0.3) is 0 Å². The van der Waals surface area contributed by atoms with Gasteiger partial charge in [0.25, 0.3) is 0 Å². The Morgan fingerprint density at radius 3 is 2.48 bits per heavy atom. The lowest BCUT2D eigenvalue weighted by Gasteiger charge is -2.07. The molecule has 0 saturated carbocycles. The normalized spacial score (nSPS) is 9.52. The van der Waals surface area contributed by atoms with Gasteiger partial charge < -0.3 is 10.6 Å². The molecule has 0 aliphatic carbocycles. The molecule has 0 saturated heterocycles. The minimum Gasteiger partial charge on any atom is -0.317 e. The van der Waals surface area contributed by atoms with Crippen molar-refractivity contribution in [1.82, 2.24) is 4.98 Å². The van der Waals surface area contributed by atoms with Gasteiger partial charge in [0.15, 0.2) is 0 Å². The third kappa shape index (κ3) is 3.64. The molecule has 6 nitrogen and oxygen atoms in total. The van der Waals surface area contributed by atoms with E-state index in [9.17, 15) is 9.59 Å². The van der Waals surface area contributed by atoms with Gasteiger partial charge in [-0.1, -0.05) is 18.2 Å². The predicted molar refractivity (Wildman–Crippen MR) is 77.4 cm³/mol. The van der Waals surface area contributed by atoms with Crippen molar-refractivity contribution in [3.05, 3.63) is 53.7 Å². The van der Waals surface area contributed by atoms with Gasteiger partial charge in [-0.05, 0) is 31.2 Å². The minimum atomic E-state index is -0.860. The van der Waals surface area contributed by atoms with E-state index in [2.05, 4.69) is 15.6 Å². The molecule has 0 fully saturated rings. The van der Waals surface area contributed by atoms with Gasteiger partial charge in [0.1, 0.15) is 11.9 Å². The SMILES string of the molecule is Cc1cccc(NC(=O)C(=O)Nc2ccccc2C#N)n1. The predicted octanol–water partition coefficient (Wildman–Crippen LogP) is 1.84. The summed E-state index contributed by atoms with van der Waals surface area (Å²) in [5, 5.41) is 13.7. The Labute approximate surface area is 121 Å². The van der Waals surface area contributed by atoms with E-state index in [1.165, 1.54) is 0 Å². The molecule has 21 heavy (non-hydrogen) atoms. The van der Waals surface area contributed by atoms with Crippen molar-refractivity contribution in [2.45, 2.75) is 6.92 Å². The largest absolute Gasteiger partial charge is 0.317 e. The molecule has 1 heterocycles. The average Bonchev–Trinajstić information content (AvgIpc) is 2.47. The zero-order chi connectivity index (χ0) is 15.2. The van der Waals surface area contributed by atoms with Gasteiger partial charge in [-0.25, -0.2) is 4.98 Å².